The molecule has 0 radical (unpaired) electrons. The van der Waals surface area contributed by atoms with Gasteiger partial charge >= 0.3 is 0 Å². The Morgan fingerprint density at radius 2 is 0.894 bits per heavy atom. The number of aliphatic hydroxyl groups excluding tert-OH is 2. The summed E-state index contributed by atoms with van der Waals surface area (Å²) in [5.74, 6) is -1.04. The van der Waals surface area contributed by atoms with E-state index in [1.54, 1.807) is 0 Å². The Morgan fingerprint density at radius 1 is 0.447 bits per heavy atom. The number of nitrogens with two attached hydrogens (primary N) is 1. The van der Waals surface area contributed by atoms with Crippen LogP contribution in [0, 0.1) is 0 Å². The number of nitrogens with zero attached hydrogens (tertiary/aromatic N) is 4. The number of hydrogen-bond donors (Lipinski definition) is 3. The van der Waals surface area contributed by atoms with Crippen LogP contribution >= 0.6 is 0 Å². The lowest BCUT2D eigenvalue weighted by molar-refractivity contribution is -0.0765. The van der Waals surface area contributed by atoms with Crippen LogP contribution in [-0.4, -0.2) is 78.8 Å². The van der Waals surface area contributed by atoms with Crippen LogP contribution in [0.15, 0.2) is 78.9 Å². The van der Waals surface area contributed by atoms with E-state index in [0.29, 0.717) is 5.69 Å². The highest BCUT2D eigenvalue weighted by Gasteiger charge is 2.53. The van der Waals surface area contributed by atoms with Crippen LogP contribution in [0.2, 0.25) is 0 Å². The smallest absolute Gasteiger partial charge is 0.0728 e. The van der Waals surface area contributed by atoms with Gasteiger partial charge in [-0.2, -0.15) is 0 Å². The monoisotopic (exact) mass is 627 g/mol. The third-order valence-electron chi connectivity index (χ3n) is 10.2. The number of nitrogen functional groups attached to an aromatic ring is 1. The molecule has 7 heteroatoms. The molecule has 0 amide bonds. The van der Waals surface area contributed by atoms with Crippen molar-refractivity contribution in [3.63, 3.8) is 0 Å². The highest BCUT2D eigenvalue weighted by atomic mass is 16.3. The lowest BCUT2D eigenvalue weighted by Crippen LogP contribution is -2.52. The number of rotatable bonds is 6. The average Bonchev–Trinajstić information content (AvgIpc) is 3.03. The molecule has 1 fully saturated rings. The molecular weight excluding hydrogens is 582 g/mol. The van der Waals surface area contributed by atoms with Crippen molar-refractivity contribution in [3.05, 3.63) is 90.0 Å². The summed E-state index contributed by atoms with van der Waals surface area (Å²) in [6.07, 6.45) is -1.69. The number of fused-ring (bicyclic) bond motifs is 4. The van der Waals surface area contributed by atoms with E-state index in [-0.39, 0.29) is 0 Å². The van der Waals surface area contributed by atoms with E-state index in [2.05, 4.69) is 116 Å². The molecule has 2 unspecified atom stereocenters. The van der Waals surface area contributed by atoms with E-state index >= 15 is 0 Å². The van der Waals surface area contributed by atoms with E-state index in [0.717, 1.165) is 77.0 Å². The van der Waals surface area contributed by atoms with Gasteiger partial charge in [-0.1, -0.05) is 60.7 Å². The van der Waals surface area contributed by atoms with Gasteiger partial charge in [0.1, 0.15) is 0 Å². The van der Waals surface area contributed by atoms with Gasteiger partial charge in [-0.3, -0.25) is 0 Å². The Balaban J connectivity index is 1.54. The molecule has 7 rings (SSSR count). The zero-order valence-corrected chi connectivity index (χ0v) is 28.6. The van der Waals surface area contributed by atoms with Gasteiger partial charge in [0.2, 0.25) is 0 Å². The molecule has 2 atom stereocenters. The number of anilines is 5. The van der Waals surface area contributed by atoms with Crippen molar-refractivity contribution in [2.45, 2.75) is 24.0 Å². The summed E-state index contributed by atoms with van der Waals surface area (Å²) in [5.41, 5.74) is 13.7. The predicted octanol–water partition coefficient (Wildman–Crippen LogP) is 6.75. The third-order valence-corrected chi connectivity index (χ3v) is 10.2. The molecular formula is C40H45N5O2. The summed E-state index contributed by atoms with van der Waals surface area (Å²) in [6.45, 7) is 0. The standard InChI is InChI=1S/C40H45N5O2/c1-42(2)28-20-12-16-24-30(25-17-13-21-29(43(3)4)33(25)38(32(24)28)45(7)8)35-39(46)36(40(35)47)34-22-14-9-10-15-23(22)37(44(5)6)26-18-11-19-27(41)31(26)34/h9-21,35-36,39-40,46-47H,41H2,1-8H3. The first kappa shape index (κ1) is 30.9. The molecule has 4 N–H and O–H groups in total. The van der Waals surface area contributed by atoms with E-state index in [1.807, 2.05) is 38.4 Å². The Morgan fingerprint density at radius 3 is 1.40 bits per heavy atom. The van der Waals surface area contributed by atoms with E-state index in [4.69, 9.17) is 5.73 Å². The van der Waals surface area contributed by atoms with Gasteiger partial charge in [-0.25, -0.2) is 0 Å². The van der Waals surface area contributed by atoms with Gasteiger partial charge in [-0.15, -0.1) is 0 Å². The van der Waals surface area contributed by atoms with Crippen LogP contribution < -0.4 is 25.3 Å². The van der Waals surface area contributed by atoms with Gasteiger partial charge in [0.25, 0.3) is 0 Å². The molecule has 242 valence electrons. The Kier molecular flexibility index (Phi) is 7.38. The zero-order chi connectivity index (χ0) is 33.5. The summed E-state index contributed by atoms with van der Waals surface area (Å²) in [4.78, 5) is 8.61. The second-order valence-corrected chi connectivity index (χ2v) is 13.8. The Bertz CT molecular complexity index is 2110. The van der Waals surface area contributed by atoms with Crippen LogP contribution in [0.1, 0.15) is 23.0 Å². The predicted molar refractivity (Wildman–Crippen MR) is 202 cm³/mol. The van der Waals surface area contributed by atoms with Crippen molar-refractivity contribution < 1.29 is 10.2 Å². The average molecular weight is 628 g/mol. The maximum Gasteiger partial charge on any atom is 0.0728 e. The topological polar surface area (TPSA) is 79.4 Å². The molecule has 0 aromatic heterocycles. The molecule has 0 spiro atoms. The first-order valence-electron chi connectivity index (χ1n) is 16.2. The van der Waals surface area contributed by atoms with Crippen molar-refractivity contribution in [1.29, 1.82) is 0 Å². The van der Waals surface area contributed by atoms with Gasteiger partial charge in [0.05, 0.1) is 23.6 Å². The van der Waals surface area contributed by atoms with Crippen LogP contribution in [-0.2, 0) is 0 Å². The fraction of sp³-hybridized carbons (Fsp3) is 0.300. The lowest BCUT2D eigenvalue weighted by Gasteiger charge is -2.49. The molecule has 0 saturated heterocycles. The second kappa shape index (κ2) is 11.2. The molecule has 6 aromatic rings. The minimum absolute atomic E-state index is 0.511. The maximum absolute atomic E-state index is 12.4. The van der Waals surface area contributed by atoms with Gasteiger partial charge in [0, 0.05) is 112 Å². The minimum atomic E-state index is -0.843. The minimum Gasteiger partial charge on any atom is -0.398 e. The van der Waals surface area contributed by atoms with Gasteiger partial charge < -0.3 is 35.5 Å². The molecule has 1 aliphatic rings. The lowest BCUT2D eigenvalue weighted by atomic mass is 9.60. The van der Waals surface area contributed by atoms with Crippen molar-refractivity contribution >= 4 is 71.5 Å². The molecule has 47 heavy (non-hydrogen) atoms. The molecule has 7 nitrogen and oxygen atoms in total. The third kappa shape index (κ3) is 4.40. The summed E-state index contributed by atoms with van der Waals surface area (Å²) < 4.78 is 0. The quantitative estimate of drug-likeness (QED) is 0.139. The van der Waals surface area contributed by atoms with Crippen molar-refractivity contribution in [1.82, 2.24) is 0 Å². The van der Waals surface area contributed by atoms with Gasteiger partial charge in [0.15, 0.2) is 0 Å². The van der Waals surface area contributed by atoms with Crippen molar-refractivity contribution in [2.24, 2.45) is 0 Å². The fourth-order valence-corrected chi connectivity index (χ4v) is 8.34. The van der Waals surface area contributed by atoms with E-state index in [1.165, 1.54) is 0 Å². The summed E-state index contributed by atoms with van der Waals surface area (Å²) in [6, 6.07) is 27.0. The van der Waals surface area contributed by atoms with Crippen molar-refractivity contribution in [3.8, 4) is 0 Å². The summed E-state index contributed by atoms with van der Waals surface area (Å²) in [7, 11) is 16.5. The number of aliphatic hydroxyl groups is 2. The molecule has 1 saturated carbocycles. The second-order valence-electron chi connectivity index (χ2n) is 13.8. The number of hydrogen-bond acceptors (Lipinski definition) is 7. The maximum atomic E-state index is 12.4. The van der Waals surface area contributed by atoms with Crippen molar-refractivity contribution in [2.75, 3.05) is 81.7 Å². The van der Waals surface area contributed by atoms with Crippen LogP contribution in [0.25, 0.3) is 43.1 Å². The SMILES string of the molecule is CN(C)c1c2ccccc2c(C2C(O)C(c3c4cccc(N(C)C)c4c(N(C)C)c4c(N(C)C)cccc34)C2O)c2c(N)cccc12. The fourth-order valence-electron chi connectivity index (χ4n) is 8.34. The summed E-state index contributed by atoms with van der Waals surface area (Å²) in [5, 5.41) is 33.2. The molecule has 0 bridgehead atoms. The van der Waals surface area contributed by atoms with Crippen LogP contribution in [0.4, 0.5) is 28.4 Å². The normalized spacial score (nSPS) is 19.4. The number of benzene rings is 6. The molecule has 0 heterocycles. The zero-order valence-electron chi connectivity index (χ0n) is 28.6. The Labute approximate surface area is 277 Å². The first-order valence-corrected chi connectivity index (χ1v) is 16.2. The van der Waals surface area contributed by atoms with Gasteiger partial charge in [-0.05, 0) is 45.5 Å². The highest BCUT2D eigenvalue weighted by molar-refractivity contribution is 6.22. The van der Waals surface area contributed by atoms with Crippen LogP contribution in [0.5, 0.6) is 0 Å². The van der Waals surface area contributed by atoms with Crippen LogP contribution in [0.3, 0.4) is 0 Å². The first-order chi connectivity index (χ1) is 22.5. The molecule has 6 aromatic carbocycles. The Hall–Kier alpha value is -4.72. The summed E-state index contributed by atoms with van der Waals surface area (Å²) >= 11 is 0. The van der Waals surface area contributed by atoms with E-state index in [9.17, 15) is 10.2 Å². The van der Waals surface area contributed by atoms with E-state index < -0.39 is 24.0 Å². The molecule has 1 aliphatic carbocycles. The largest absolute Gasteiger partial charge is 0.398 e. The molecule has 0 aliphatic heterocycles. The highest BCUT2D eigenvalue weighted by Crippen LogP contribution is 2.57.